The summed E-state index contributed by atoms with van der Waals surface area (Å²) in [6.45, 7) is -0.145. The molecule has 1 aromatic heterocycles. The van der Waals surface area contributed by atoms with E-state index in [1.54, 1.807) is 65.8 Å². The van der Waals surface area contributed by atoms with E-state index in [9.17, 15) is 18.3 Å². The van der Waals surface area contributed by atoms with Gasteiger partial charge in [-0.3, -0.25) is 9.52 Å². The van der Waals surface area contributed by atoms with E-state index in [0.717, 1.165) is 5.56 Å². The van der Waals surface area contributed by atoms with Crippen molar-refractivity contribution in [3.63, 3.8) is 0 Å². The van der Waals surface area contributed by atoms with Crippen LogP contribution in [0, 0.1) is 0 Å². The number of sulfonamides is 1. The third-order valence-electron chi connectivity index (χ3n) is 5.59. The number of carbonyl (C=O) groups excluding carboxylic acids is 1. The van der Waals surface area contributed by atoms with Crippen LogP contribution in [0.5, 0.6) is 0 Å². The monoisotopic (exact) mass is 470 g/mol. The summed E-state index contributed by atoms with van der Waals surface area (Å²) in [6, 6.07) is 15.1. The summed E-state index contributed by atoms with van der Waals surface area (Å²) in [5.41, 5.74) is 1.85. The molecule has 1 saturated heterocycles. The summed E-state index contributed by atoms with van der Waals surface area (Å²) >= 11 is 0. The van der Waals surface area contributed by atoms with Gasteiger partial charge in [0.1, 0.15) is 18.5 Å². The number of hydrogen-bond acceptors (Lipinski definition) is 6. The quantitative estimate of drug-likeness (QED) is 0.519. The Morgan fingerprint density at radius 2 is 1.88 bits per heavy atom. The summed E-state index contributed by atoms with van der Waals surface area (Å²) in [5.74, 6) is 0.349. The van der Waals surface area contributed by atoms with Gasteiger partial charge in [0, 0.05) is 25.1 Å². The number of aliphatic hydroxyl groups excluding tert-OH is 1. The molecule has 3 aromatic rings. The molecule has 9 nitrogen and oxygen atoms in total. The molecule has 4 rings (SSSR count). The fraction of sp³-hybridized carbons (Fsp3) is 0.304. The highest BCUT2D eigenvalue weighted by molar-refractivity contribution is 7.91. The molecule has 174 valence electrons. The minimum absolute atomic E-state index is 0.114. The summed E-state index contributed by atoms with van der Waals surface area (Å²) < 4.78 is 35.1. The normalized spacial score (nSPS) is 19.0. The molecular formula is C23H26N4O5S. The van der Waals surface area contributed by atoms with Gasteiger partial charge >= 0.3 is 0 Å². The molecule has 1 aliphatic rings. The van der Waals surface area contributed by atoms with Crippen LogP contribution in [0.25, 0.3) is 0 Å². The van der Waals surface area contributed by atoms with Crippen LogP contribution in [-0.4, -0.2) is 53.1 Å². The molecule has 0 aliphatic carbocycles. The molecule has 2 heterocycles. The number of hydrogen-bond donors (Lipinski definition) is 2. The Balaban J connectivity index is 1.48. The average Bonchev–Trinajstić information content (AvgIpc) is 3.20. The van der Waals surface area contributed by atoms with E-state index in [-0.39, 0.29) is 31.4 Å². The first-order chi connectivity index (χ1) is 15.9. The van der Waals surface area contributed by atoms with Gasteiger partial charge in [-0.2, -0.15) is 0 Å². The lowest BCUT2D eigenvalue weighted by molar-refractivity contribution is -0.162. The second-order valence-electron chi connectivity index (χ2n) is 7.93. The fourth-order valence-electron chi connectivity index (χ4n) is 3.87. The van der Waals surface area contributed by atoms with Gasteiger partial charge in [0.15, 0.2) is 0 Å². The largest absolute Gasteiger partial charge is 0.394 e. The molecule has 0 radical (unpaired) electrons. The van der Waals surface area contributed by atoms with Gasteiger partial charge in [0.25, 0.3) is 0 Å². The standard InChI is InChI=1S/C23H26N4O5S/c1-26-12-11-24-21(26)13-27-20(14-28)23(32-15-22(27)29)18-7-9-19(10-8-18)25-33(30,31)16-17-5-3-2-4-6-17/h2-12,20,23,25,28H,13-16H2,1H3. The Kier molecular flexibility index (Phi) is 6.77. The van der Waals surface area contributed by atoms with E-state index in [0.29, 0.717) is 17.1 Å². The van der Waals surface area contributed by atoms with Crippen molar-refractivity contribution < 1.29 is 23.1 Å². The van der Waals surface area contributed by atoms with Crippen molar-refractivity contribution in [1.29, 1.82) is 0 Å². The molecule has 0 saturated carbocycles. The number of amides is 1. The topological polar surface area (TPSA) is 114 Å². The molecule has 2 atom stereocenters. The number of nitrogens with zero attached hydrogens (tertiary/aromatic N) is 3. The zero-order chi connectivity index (χ0) is 23.4. The lowest BCUT2D eigenvalue weighted by Gasteiger charge is -2.40. The van der Waals surface area contributed by atoms with Gasteiger partial charge in [-0.05, 0) is 23.3 Å². The summed E-state index contributed by atoms with van der Waals surface area (Å²) in [7, 11) is -1.73. The lowest BCUT2D eigenvalue weighted by Crippen LogP contribution is -2.52. The first-order valence-corrected chi connectivity index (χ1v) is 12.1. The maximum Gasteiger partial charge on any atom is 0.249 e. The number of ether oxygens (including phenoxy) is 1. The van der Waals surface area contributed by atoms with E-state index in [4.69, 9.17) is 4.74 Å². The Hall–Kier alpha value is -3.21. The number of aromatic nitrogens is 2. The summed E-state index contributed by atoms with van der Waals surface area (Å²) in [4.78, 5) is 18.4. The van der Waals surface area contributed by atoms with Gasteiger partial charge in [-0.1, -0.05) is 42.5 Å². The predicted octanol–water partition coefficient (Wildman–Crippen LogP) is 1.82. The van der Waals surface area contributed by atoms with E-state index in [1.165, 1.54) is 0 Å². The molecule has 33 heavy (non-hydrogen) atoms. The highest BCUT2D eigenvalue weighted by Crippen LogP contribution is 2.31. The van der Waals surface area contributed by atoms with E-state index >= 15 is 0 Å². The minimum atomic E-state index is -3.57. The summed E-state index contributed by atoms with van der Waals surface area (Å²) in [6.07, 6.45) is 2.90. The van der Waals surface area contributed by atoms with Gasteiger partial charge in [0.2, 0.25) is 15.9 Å². The maximum absolute atomic E-state index is 12.5. The molecule has 2 N–H and O–H groups in total. The highest BCUT2D eigenvalue weighted by atomic mass is 32.2. The van der Waals surface area contributed by atoms with Crippen molar-refractivity contribution in [2.45, 2.75) is 24.4 Å². The predicted molar refractivity (Wildman–Crippen MR) is 122 cm³/mol. The van der Waals surface area contributed by atoms with Crippen molar-refractivity contribution in [2.75, 3.05) is 17.9 Å². The van der Waals surface area contributed by atoms with Gasteiger partial charge < -0.3 is 19.3 Å². The number of aryl methyl sites for hydroxylation is 1. The first-order valence-electron chi connectivity index (χ1n) is 10.5. The van der Waals surface area contributed by atoms with Crippen LogP contribution in [0.4, 0.5) is 5.69 Å². The van der Waals surface area contributed by atoms with Gasteiger partial charge in [-0.25, -0.2) is 13.4 Å². The van der Waals surface area contributed by atoms with Crippen molar-refractivity contribution in [3.05, 3.63) is 83.9 Å². The van der Waals surface area contributed by atoms with E-state index in [2.05, 4.69) is 9.71 Å². The van der Waals surface area contributed by atoms with Crippen LogP contribution in [0.1, 0.15) is 23.1 Å². The number of anilines is 1. The van der Waals surface area contributed by atoms with Gasteiger partial charge in [0.05, 0.1) is 24.9 Å². The molecule has 1 fully saturated rings. The van der Waals surface area contributed by atoms with Crippen molar-refractivity contribution in [3.8, 4) is 0 Å². The van der Waals surface area contributed by atoms with Crippen LogP contribution in [-0.2, 0) is 38.9 Å². The number of nitrogens with one attached hydrogen (secondary N) is 1. The van der Waals surface area contributed by atoms with E-state index < -0.39 is 22.2 Å². The molecular weight excluding hydrogens is 444 g/mol. The van der Waals surface area contributed by atoms with Crippen molar-refractivity contribution in [2.24, 2.45) is 7.05 Å². The number of rotatable bonds is 8. The Morgan fingerprint density at radius 3 is 2.52 bits per heavy atom. The first kappa shape index (κ1) is 23.0. The third-order valence-corrected chi connectivity index (χ3v) is 6.85. The maximum atomic E-state index is 12.5. The third kappa shape index (κ3) is 5.41. The Labute approximate surface area is 192 Å². The Bertz CT molecular complexity index is 1200. The minimum Gasteiger partial charge on any atom is -0.394 e. The number of aliphatic hydroxyl groups is 1. The molecule has 0 spiro atoms. The van der Waals surface area contributed by atoms with Gasteiger partial charge in [-0.15, -0.1) is 0 Å². The number of morpholine rings is 1. The Morgan fingerprint density at radius 1 is 1.15 bits per heavy atom. The second kappa shape index (κ2) is 9.74. The number of imidazole rings is 1. The zero-order valence-corrected chi connectivity index (χ0v) is 19.0. The van der Waals surface area contributed by atoms with Crippen LogP contribution in [0.2, 0.25) is 0 Å². The number of carbonyl (C=O) groups is 1. The summed E-state index contributed by atoms with van der Waals surface area (Å²) in [5, 5.41) is 10.1. The van der Waals surface area contributed by atoms with E-state index in [1.807, 2.05) is 17.7 Å². The molecule has 10 heteroatoms. The smallest absolute Gasteiger partial charge is 0.249 e. The second-order valence-corrected chi connectivity index (χ2v) is 9.65. The van der Waals surface area contributed by atoms with Crippen LogP contribution in [0.3, 0.4) is 0 Å². The van der Waals surface area contributed by atoms with Crippen molar-refractivity contribution >= 4 is 21.6 Å². The molecule has 1 amide bonds. The number of benzene rings is 2. The molecule has 2 unspecified atom stereocenters. The molecule has 1 aliphatic heterocycles. The van der Waals surface area contributed by atoms with Crippen LogP contribution in [0.15, 0.2) is 67.0 Å². The zero-order valence-electron chi connectivity index (χ0n) is 18.2. The van der Waals surface area contributed by atoms with Crippen molar-refractivity contribution in [1.82, 2.24) is 14.5 Å². The molecule has 0 bridgehead atoms. The molecule has 2 aromatic carbocycles. The average molecular weight is 471 g/mol. The van der Waals surface area contributed by atoms with Crippen LogP contribution >= 0.6 is 0 Å². The lowest BCUT2D eigenvalue weighted by atomic mass is 9.99. The SMILES string of the molecule is Cn1ccnc1CN1C(=O)COC(c2ccc(NS(=O)(=O)Cc3ccccc3)cc2)C1CO. The highest BCUT2D eigenvalue weighted by Gasteiger charge is 2.37. The fourth-order valence-corrected chi connectivity index (χ4v) is 5.07. The van der Waals surface area contributed by atoms with Crippen LogP contribution < -0.4 is 4.72 Å².